The molecular weight excluding hydrogens is 276 g/mol. The highest BCUT2D eigenvalue weighted by Crippen LogP contribution is 2.20. The van der Waals surface area contributed by atoms with Gasteiger partial charge < -0.3 is 10.1 Å². The van der Waals surface area contributed by atoms with Gasteiger partial charge in [0.1, 0.15) is 0 Å². The van der Waals surface area contributed by atoms with Gasteiger partial charge in [-0.1, -0.05) is 11.6 Å². The van der Waals surface area contributed by atoms with Crippen molar-refractivity contribution in [2.24, 2.45) is 0 Å². The molecule has 0 saturated carbocycles. The van der Waals surface area contributed by atoms with E-state index in [1.54, 1.807) is 0 Å². The van der Waals surface area contributed by atoms with E-state index in [1.807, 2.05) is 0 Å². The van der Waals surface area contributed by atoms with Crippen LogP contribution in [0.1, 0.15) is 16.8 Å². The van der Waals surface area contributed by atoms with Crippen molar-refractivity contribution in [1.82, 2.24) is 5.32 Å². The van der Waals surface area contributed by atoms with Crippen LogP contribution < -0.4 is 5.32 Å². The van der Waals surface area contributed by atoms with Crippen LogP contribution in [-0.4, -0.2) is 30.5 Å². The number of non-ortho nitro benzene ring substituents is 1. The molecule has 0 fully saturated rings. The molecule has 1 aromatic carbocycles. The second-order valence-electron chi connectivity index (χ2n) is 3.54. The second kappa shape index (κ2) is 6.69. The third kappa shape index (κ3) is 4.55. The van der Waals surface area contributed by atoms with Gasteiger partial charge in [-0.25, -0.2) is 0 Å². The molecule has 0 aliphatic heterocycles. The van der Waals surface area contributed by atoms with Gasteiger partial charge in [-0.05, 0) is 6.07 Å². The van der Waals surface area contributed by atoms with E-state index in [2.05, 4.69) is 10.1 Å². The summed E-state index contributed by atoms with van der Waals surface area (Å²) in [5.41, 5.74) is -0.213. The van der Waals surface area contributed by atoms with Gasteiger partial charge in [0.05, 0.1) is 18.5 Å². The number of nitrogens with zero attached hydrogens (tertiary/aromatic N) is 1. The lowest BCUT2D eigenvalue weighted by Crippen LogP contribution is -2.26. The number of amides is 1. The van der Waals surface area contributed by atoms with Crippen molar-refractivity contribution in [3.05, 3.63) is 38.9 Å². The molecular formula is C11H11ClN2O5. The third-order valence-electron chi connectivity index (χ3n) is 2.20. The molecule has 7 nitrogen and oxygen atoms in total. The first kappa shape index (κ1) is 14.9. The Kier molecular flexibility index (Phi) is 5.25. The zero-order valence-electron chi connectivity index (χ0n) is 10.0. The van der Waals surface area contributed by atoms with Crippen LogP contribution in [0.25, 0.3) is 0 Å². The summed E-state index contributed by atoms with van der Waals surface area (Å²) < 4.78 is 4.41. The molecule has 0 bridgehead atoms. The Morgan fingerprint density at radius 3 is 2.68 bits per heavy atom. The number of nitrogens with one attached hydrogen (secondary N) is 1. The smallest absolute Gasteiger partial charge is 0.307 e. The minimum Gasteiger partial charge on any atom is -0.469 e. The number of nitro groups is 1. The molecule has 19 heavy (non-hydrogen) atoms. The van der Waals surface area contributed by atoms with E-state index in [4.69, 9.17) is 11.6 Å². The van der Waals surface area contributed by atoms with Crippen molar-refractivity contribution >= 4 is 29.2 Å². The normalized spacial score (nSPS) is 9.79. The van der Waals surface area contributed by atoms with E-state index in [0.29, 0.717) is 0 Å². The van der Waals surface area contributed by atoms with Crippen molar-refractivity contribution in [1.29, 1.82) is 0 Å². The Bertz CT molecular complexity index is 518. The van der Waals surface area contributed by atoms with Crippen molar-refractivity contribution < 1.29 is 19.2 Å². The lowest BCUT2D eigenvalue weighted by molar-refractivity contribution is -0.384. The first-order valence-corrected chi connectivity index (χ1v) is 5.62. The third-order valence-corrected chi connectivity index (χ3v) is 2.42. The van der Waals surface area contributed by atoms with E-state index in [1.165, 1.54) is 13.2 Å². The van der Waals surface area contributed by atoms with E-state index >= 15 is 0 Å². The SMILES string of the molecule is COC(=O)CCNC(=O)c1cc(Cl)cc([N+](=O)[O-])c1. The fraction of sp³-hybridized carbons (Fsp3) is 0.273. The molecule has 1 amide bonds. The Morgan fingerprint density at radius 1 is 1.42 bits per heavy atom. The van der Waals surface area contributed by atoms with Crippen LogP contribution in [0.2, 0.25) is 5.02 Å². The largest absolute Gasteiger partial charge is 0.469 e. The number of nitro benzene ring substituents is 1. The number of carbonyl (C=O) groups is 2. The number of methoxy groups -OCH3 is 1. The average molecular weight is 287 g/mol. The van der Waals surface area contributed by atoms with Gasteiger partial charge in [-0.3, -0.25) is 19.7 Å². The molecule has 102 valence electrons. The van der Waals surface area contributed by atoms with Crippen molar-refractivity contribution in [2.45, 2.75) is 6.42 Å². The molecule has 0 unspecified atom stereocenters. The predicted octanol–water partition coefficient (Wildman–Crippen LogP) is 1.54. The number of rotatable bonds is 5. The van der Waals surface area contributed by atoms with Crippen molar-refractivity contribution in [3.63, 3.8) is 0 Å². The highest BCUT2D eigenvalue weighted by molar-refractivity contribution is 6.31. The lowest BCUT2D eigenvalue weighted by Gasteiger charge is -2.05. The fourth-order valence-electron chi connectivity index (χ4n) is 1.29. The number of hydrogen-bond donors (Lipinski definition) is 1. The molecule has 0 radical (unpaired) electrons. The monoisotopic (exact) mass is 286 g/mol. The average Bonchev–Trinajstić information content (AvgIpc) is 2.37. The number of carbonyl (C=O) groups excluding carboxylic acids is 2. The van der Waals surface area contributed by atoms with Gasteiger partial charge in [0.2, 0.25) is 0 Å². The van der Waals surface area contributed by atoms with Crippen LogP contribution in [0.3, 0.4) is 0 Å². The van der Waals surface area contributed by atoms with Gasteiger partial charge in [-0.15, -0.1) is 0 Å². The number of ether oxygens (including phenoxy) is 1. The fourth-order valence-corrected chi connectivity index (χ4v) is 1.52. The quantitative estimate of drug-likeness (QED) is 0.503. The lowest BCUT2D eigenvalue weighted by atomic mass is 10.2. The van der Waals surface area contributed by atoms with Crippen LogP contribution >= 0.6 is 11.6 Å². The summed E-state index contributed by atoms with van der Waals surface area (Å²) in [6.45, 7) is 0.0752. The minimum atomic E-state index is -0.642. The van der Waals surface area contributed by atoms with E-state index in [0.717, 1.165) is 12.1 Å². The van der Waals surface area contributed by atoms with Crippen LogP contribution in [0.5, 0.6) is 0 Å². The second-order valence-corrected chi connectivity index (χ2v) is 3.97. The van der Waals surface area contributed by atoms with Crippen LogP contribution in [0.15, 0.2) is 18.2 Å². The Balaban J connectivity index is 2.71. The van der Waals surface area contributed by atoms with Crippen LogP contribution in [-0.2, 0) is 9.53 Å². The first-order chi connectivity index (χ1) is 8.93. The van der Waals surface area contributed by atoms with E-state index < -0.39 is 16.8 Å². The standard InChI is InChI=1S/C11H11ClN2O5/c1-19-10(15)2-3-13-11(16)7-4-8(12)6-9(5-7)14(17)18/h4-6H,2-3H2,1H3,(H,13,16). The Hall–Kier alpha value is -2.15. The first-order valence-electron chi connectivity index (χ1n) is 5.24. The van der Waals surface area contributed by atoms with Crippen molar-refractivity contribution in [3.8, 4) is 0 Å². The van der Waals surface area contributed by atoms with Gasteiger partial charge in [0, 0.05) is 29.3 Å². The zero-order valence-corrected chi connectivity index (χ0v) is 10.8. The molecule has 0 aliphatic carbocycles. The van der Waals surface area contributed by atoms with Gasteiger partial charge in [0.15, 0.2) is 0 Å². The minimum absolute atomic E-state index is 0.0187. The maximum atomic E-state index is 11.7. The summed E-state index contributed by atoms with van der Waals surface area (Å²) in [5.74, 6) is -1.01. The summed E-state index contributed by atoms with van der Waals surface area (Å²) in [4.78, 5) is 32.5. The predicted molar refractivity (Wildman–Crippen MR) is 67.1 cm³/mol. The number of halogens is 1. The number of hydrogen-bond acceptors (Lipinski definition) is 5. The Morgan fingerprint density at radius 2 is 2.11 bits per heavy atom. The molecule has 0 atom stereocenters. The number of benzene rings is 1. The molecule has 1 N–H and O–H groups in total. The summed E-state index contributed by atoms with van der Waals surface area (Å²) in [7, 11) is 1.24. The van der Waals surface area contributed by atoms with E-state index in [9.17, 15) is 19.7 Å². The van der Waals surface area contributed by atoms with Gasteiger partial charge in [-0.2, -0.15) is 0 Å². The summed E-state index contributed by atoms with van der Waals surface area (Å²) in [5, 5.41) is 13.2. The summed E-state index contributed by atoms with van der Waals surface area (Å²) in [6, 6.07) is 3.56. The van der Waals surface area contributed by atoms with Crippen molar-refractivity contribution in [2.75, 3.05) is 13.7 Å². The molecule has 0 heterocycles. The van der Waals surface area contributed by atoms with Crippen LogP contribution in [0, 0.1) is 10.1 Å². The van der Waals surface area contributed by atoms with Crippen LogP contribution in [0.4, 0.5) is 5.69 Å². The molecule has 0 aromatic heterocycles. The van der Waals surface area contributed by atoms with Gasteiger partial charge in [0.25, 0.3) is 11.6 Å². The molecule has 0 spiro atoms. The van der Waals surface area contributed by atoms with E-state index in [-0.39, 0.29) is 29.2 Å². The maximum Gasteiger partial charge on any atom is 0.307 e. The summed E-state index contributed by atoms with van der Waals surface area (Å²) >= 11 is 5.69. The Labute approximate surface area is 113 Å². The molecule has 1 aromatic rings. The topological polar surface area (TPSA) is 98.5 Å². The molecule has 1 rings (SSSR count). The zero-order chi connectivity index (χ0) is 14.4. The molecule has 0 aliphatic rings. The summed E-state index contributed by atoms with van der Waals surface area (Å²) in [6.07, 6.45) is 0.0187. The molecule has 8 heteroatoms. The van der Waals surface area contributed by atoms with Gasteiger partial charge >= 0.3 is 5.97 Å². The number of esters is 1. The molecule has 0 saturated heterocycles. The maximum absolute atomic E-state index is 11.7. The highest BCUT2D eigenvalue weighted by atomic mass is 35.5. The highest BCUT2D eigenvalue weighted by Gasteiger charge is 2.14.